The molecule has 0 radical (unpaired) electrons. The quantitative estimate of drug-likeness (QED) is 0.849. The van der Waals surface area contributed by atoms with Gasteiger partial charge in [-0.15, -0.1) is 0 Å². The van der Waals surface area contributed by atoms with E-state index in [0.717, 1.165) is 22.6 Å². The summed E-state index contributed by atoms with van der Waals surface area (Å²) in [4.78, 5) is 23.9. The highest BCUT2D eigenvalue weighted by Gasteiger charge is 2.16. The van der Waals surface area contributed by atoms with Crippen molar-refractivity contribution in [2.45, 2.75) is 27.3 Å². The number of carbonyl (C=O) groups is 2. The lowest BCUT2D eigenvalue weighted by Gasteiger charge is -2.11. The van der Waals surface area contributed by atoms with Gasteiger partial charge in [-0.3, -0.25) is 9.59 Å². The van der Waals surface area contributed by atoms with Crippen LogP contribution in [0.25, 0.3) is 0 Å². The third-order valence-electron chi connectivity index (χ3n) is 3.39. The zero-order valence-electron chi connectivity index (χ0n) is 13.6. The van der Waals surface area contributed by atoms with Crippen molar-refractivity contribution in [1.29, 1.82) is 0 Å². The lowest BCUT2D eigenvalue weighted by Crippen LogP contribution is -2.35. The monoisotopic (exact) mass is 316 g/mol. The van der Waals surface area contributed by atoms with Crippen LogP contribution in [0.3, 0.4) is 0 Å². The molecule has 0 saturated heterocycles. The molecule has 0 saturated carbocycles. The average molecular weight is 316 g/mol. The molecule has 0 aliphatic rings. The van der Waals surface area contributed by atoms with Gasteiger partial charge in [0.05, 0.1) is 12.8 Å². The Hall–Kier alpha value is -2.76. The minimum atomic E-state index is -0.744. The van der Waals surface area contributed by atoms with Crippen LogP contribution in [0, 0.1) is 20.8 Å². The number of hydrogen-bond acceptors (Lipinski definition) is 4. The van der Waals surface area contributed by atoms with E-state index in [0.29, 0.717) is 11.4 Å². The predicted octanol–water partition coefficient (Wildman–Crippen LogP) is 2.47. The lowest BCUT2D eigenvalue weighted by molar-refractivity contribution is -0.136. The Morgan fingerprint density at radius 2 is 1.87 bits per heavy atom. The summed E-state index contributed by atoms with van der Waals surface area (Å²) >= 11 is 0. The molecule has 122 valence electrons. The third kappa shape index (κ3) is 4.12. The molecular formula is C17H20N2O4. The molecule has 1 heterocycles. The fraction of sp³-hybridized carbons (Fsp3) is 0.294. The van der Waals surface area contributed by atoms with E-state index in [2.05, 4.69) is 10.6 Å². The van der Waals surface area contributed by atoms with Crippen LogP contribution in [0.1, 0.15) is 22.6 Å². The van der Waals surface area contributed by atoms with Crippen LogP contribution in [0.2, 0.25) is 0 Å². The van der Waals surface area contributed by atoms with Crippen LogP contribution in [0.15, 0.2) is 28.7 Å². The Morgan fingerprint density at radius 1 is 1.13 bits per heavy atom. The Bertz CT molecular complexity index is 734. The Balaban J connectivity index is 1.99. The van der Waals surface area contributed by atoms with Gasteiger partial charge in [-0.25, -0.2) is 0 Å². The number of methoxy groups -OCH3 is 1. The number of anilines is 1. The Morgan fingerprint density at radius 3 is 2.48 bits per heavy atom. The number of aryl methyl sites for hydroxylation is 3. The molecule has 0 atom stereocenters. The van der Waals surface area contributed by atoms with E-state index in [1.165, 1.54) is 7.11 Å². The second-order valence-electron chi connectivity index (χ2n) is 5.28. The topological polar surface area (TPSA) is 80.6 Å². The maximum absolute atomic E-state index is 12.0. The molecule has 0 unspecified atom stereocenters. The summed E-state index contributed by atoms with van der Waals surface area (Å²) in [7, 11) is 1.50. The van der Waals surface area contributed by atoms with Crippen molar-refractivity contribution in [2.24, 2.45) is 0 Å². The highest BCUT2D eigenvalue weighted by atomic mass is 16.5. The minimum Gasteiger partial charge on any atom is -0.495 e. The number of ether oxygens (including phenoxy) is 1. The summed E-state index contributed by atoms with van der Waals surface area (Å²) in [5.74, 6) is 0.529. The van der Waals surface area contributed by atoms with Crippen LogP contribution in [0.5, 0.6) is 5.75 Å². The van der Waals surface area contributed by atoms with Crippen molar-refractivity contribution in [1.82, 2.24) is 5.32 Å². The number of nitrogens with one attached hydrogen (secondary N) is 2. The summed E-state index contributed by atoms with van der Waals surface area (Å²) in [6.07, 6.45) is 0. The first kappa shape index (κ1) is 16.6. The average Bonchev–Trinajstić information content (AvgIpc) is 2.82. The van der Waals surface area contributed by atoms with E-state index in [1.54, 1.807) is 12.1 Å². The number of furan rings is 1. The summed E-state index contributed by atoms with van der Waals surface area (Å²) in [5.41, 5.74) is 2.26. The molecule has 0 spiro atoms. The molecule has 2 rings (SSSR count). The van der Waals surface area contributed by atoms with Gasteiger partial charge < -0.3 is 19.8 Å². The van der Waals surface area contributed by atoms with Gasteiger partial charge in [0, 0.05) is 12.1 Å². The van der Waals surface area contributed by atoms with Gasteiger partial charge >= 0.3 is 11.8 Å². The van der Waals surface area contributed by atoms with Crippen LogP contribution in [-0.2, 0) is 16.1 Å². The van der Waals surface area contributed by atoms with Crippen molar-refractivity contribution >= 4 is 17.5 Å². The number of amides is 2. The van der Waals surface area contributed by atoms with Gasteiger partial charge in [-0.05, 0) is 44.5 Å². The molecule has 0 fully saturated rings. The smallest absolute Gasteiger partial charge is 0.313 e. The molecule has 1 aromatic carbocycles. The molecule has 1 aromatic heterocycles. The summed E-state index contributed by atoms with van der Waals surface area (Å²) in [6.45, 7) is 5.76. The van der Waals surface area contributed by atoms with Gasteiger partial charge in [-0.2, -0.15) is 0 Å². The molecule has 0 aliphatic heterocycles. The van der Waals surface area contributed by atoms with E-state index < -0.39 is 11.8 Å². The van der Waals surface area contributed by atoms with E-state index in [9.17, 15) is 9.59 Å². The van der Waals surface area contributed by atoms with E-state index in [1.807, 2.05) is 32.9 Å². The highest BCUT2D eigenvalue weighted by Crippen LogP contribution is 2.25. The second kappa shape index (κ2) is 7.00. The molecule has 2 N–H and O–H groups in total. The summed E-state index contributed by atoms with van der Waals surface area (Å²) in [5, 5.41) is 5.13. The standard InChI is InChI=1S/C17H20N2O4/c1-10-5-6-15(22-4)14(7-10)19-17(21)16(20)18-9-13-8-11(2)23-12(13)3/h5-8H,9H2,1-4H3,(H,18,20)(H,19,21). The lowest BCUT2D eigenvalue weighted by atomic mass is 10.2. The van der Waals surface area contributed by atoms with Crippen molar-refractivity contribution in [3.05, 3.63) is 46.9 Å². The molecule has 2 aromatic rings. The molecule has 6 heteroatoms. The first-order valence-electron chi connectivity index (χ1n) is 7.20. The van der Waals surface area contributed by atoms with Crippen LogP contribution >= 0.6 is 0 Å². The van der Waals surface area contributed by atoms with Crippen LogP contribution in [-0.4, -0.2) is 18.9 Å². The van der Waals surface area contributed by atoms with Crippen LogP contribution < -0.4 is 15.4 Å². The zero-order chi connectivity index (χ0) is 17.0. The van der Waals surface area contributed by atoms with Gasteiger partial charge in [0.1, 0.15) is 17.3 Å². The maximum atomic E-state index is 12.0. The summed E-state index contributed by atoms with van der Waals surface area (Å²) < 4.78 is 10.5. The normalized spacial score (nSPS) is 10.3. The summed E-state index contributed by atoms with van der Waals surface area (Å²) in [6, 6.07) is 7.17. The number of rotatable bonds is 4. The molecule has 0 aliphatic carbocycles. The van der Waals surface area contributed by atoms with Gasteiger partial charge in [-0.1, -0.05) is 6.07 Å². The van der Waals surface area contributed by atoms with Crippen molar-refractivity contribution in [3.63, 3.8) is 0 Å². The number of hydrogen-bond donors (Lipinski definition) is 2. The molecule has 0 bridgehead atoms. The fourth-order valence-corrected chi connectivity index (χ4v) is 2.21. The number of carbonyl (C=O) groups excluding carboxylic acids is 2. The van der Waals surface area contributed by atoms with Gasteiger partial charge in [0.15, 0.2) is 0 Å². The van der Waals surface area contributed by atoms with E-state index >= 15 is 0 Å². The highest BCUT2D eigenvalue weighted by molar-refractivity contribution is 6.39. The van der Waals surface area contributed by atoms with Gasteiger partial charge in [0.25, 0.3) is 0 Å². The molecular weight excluding hydrogens is 296 g/mol. The first-order valence-corrected chi connectivity index (χ1v) is 7.20. The maximum Gasteiger partial charge on any atom is 0.313 e. The predicted molar refractivity (Wildman–Crippen MR) is 86.4 cm³/mol. The molecule has 2 amide bonds. The van der Waals surface area contributed by atoms with Crippen molar-refractivity contribution < 1.29 is 18.7 Å². The number of benzene rings is 1. The third-order valence-corrected chi connectivity index (χ3v) is 3.39. The van der Waals surface area contributed by atoms with Crippen molar-refractivity contribution in [3.8, 4) is 5.75 Å². The fourth-order valence-electron chi connectivity index (χ4n) is 2.21. The van der Waals surface area contributed by atoms with Crippen LogP contribution in [0.4, 0.5) is 5.69 Å². The first-order chi connectivity index (χ1) is 10.9. The SMILES string of the molecule is COc1ccc(C)cc1NC(=O)C(=O)NCc1cc(C)oc1C. The molecule has 6 nitrogen and oxygen atoms in total. The van der Waals surface area contributed by atoms with Crippen molar-refractivity contribution in [2.75, 3.05) is 12.4 Å². The largest absolute Gasteiger partial charge is 0.495 e. The Labute approximate surface area is 134 Å². The second-order valence-corrected chi connectivity index (χ2v) is 5.28. The Kier molecular flexibility index (Phi) is 5.05. The minimum absolute atomic E-state index is 0.236. The van der Waals surface area contributed by atoms with E-state index in [-0.39, 0.29) is 6.54 Å². The molecule has 23 heavy (non-hydrogen) atoms. The van der Waals surface area contributed by atoms with E-state index in [4.69, 9.17) is 9.15 Å². The van der Waals surface area contributed by atoms with Gasteiger partial charge in [0.2, 0.25) is 0 Å². The zero-order valence-corrected chi connectivity index (χ0v) is 13.6.